The van der Waals surface area contributed by atoms with Crippen LogP contribution in [0.3, 0.4) is 0 Å². The minimum Gasteiger partial charge on any atom is -0.481 e. The van der Waals surface area contributed by atoms with Crippen LogP contribution in [-0.4, -0.2) is 60.6 Å². The molecule has 2 aliphatic rings. The zero-order valence-corrected chi connectivity index (χ0v) is 21.1. The van der Waals surface area contributed by atoms with Crippen molar-refractivity contribution in [1.82, 2.24) is 9.80 Å². The van der Waals surface area contributed by atoms with Crippen LogP contribution in [0.5, 0.6) is 5.75 Å². The van der Waals surface area contributed by atoms with Gasteiger partial charge in [-0.3, -0.25) is 9.59 Å². The van der Waals surface area contributed by atoms with Crippen LogP contribution < -0.4 is 4.74 Å². The Morgan fingerprint density at radius 1 is 1.09 bits per heavy atom. The van der Waals surface area contributed by atoms with Crippen LogP contribution in [0.1, 0.15) is 56.8 Å². The van der Waals surface area contributed by atoms with Crippen LogP contribution in [-0.2, 0) is 20.7 Å². The van der Waals surface area contributed by atoms with Crippen molar-refractivity contribution in [2.75, 3.05) is 32.8 Å². The summed E-state index contributed by atoms with van der Waals surface area (Å²) < 4.78 is 25.3. The lowest BCUT2D eigenvalue weighted by molar-refractivity contribution is -0.143. The lowest BCUT2D eigenvalue weighted by Crippen LogP contribution is -2.47. The highest BCUT2D eigenvalue weighted by atomic mass is 19.1. The minimum atomic E-state index is -0.591. The van der Waals surface area contributed by atoms with E-state index in [1.54, 1.807) is 17.0 Å². The molecule has 0 saturated carbocycles. The summed E-state index contributed by atoms with van der Waals surface area (Å²) in [4.78, 5) is 30.1. The van der Waals surface area contributed by atoms with Gasteiger partial charge in [-0.1, -0.05) is 45.9 Å². The Labute approximate surface area is 207 Å². The monoisotopic (exact) mass is 482 g/mol. The molecule has 2 aromatic rings. The number of halogens is 1. The third-order valence-electron chi connectivity index (χ3n) is 6.68. The number of carbonyl (C=O) groups excluding carboxylic acids is 2. The predicted octanol–water partition coefficient (Wildman–Crippen LogP) is 4.36. The number of amides is 2. The van der Waals surface area contributed by atoms with Crippen molar-refractivity contribution in [2.24, 2.45) is 5.41 Å². The summed E-state index contributed by atoms with van der Waals surface area (Å²) in [6.45, 7) is 10.5. The maximum absolute atomic E-state index is 13.7. The van der Waals surface area contributed by atoms with Crippen LogP contribution >= 0.6 is 0 Å². The quantitative estimate of drug-likeness (QED) is 0.635. The zero-order valence-electron chi connectivity index (χ0n) is 21.1. The maximum Gasteiger partial charge on any atom is 0.263 e. The van der Waals surface area contributed by atoms with Crippen LogP contribution in [0, 0.1) is 11.2 Å². The van der Waals surface area contributed by atoms with E-state index in [0.29, 0.717) is 45.0 Å². The molecule has 35 heavy (non-hydrogen) atoms. The van der Waals surface area contributed by atoms with Crippen LogP contribution in [0.15, 0.2) is 42.5 Å². The molecule has 2 heterocycles. The van der Waals surface area contributed by atoms with E-state index in [1.807, 2.05) is 50.8 Å². The van der Waals surface area contributed by atoms with E-state index in [1.165, 1.54) is 12.1 Å². The second-order valence-electron chi connectivity index (χ2n) is 10.3. The Hall–Kier alpha value is -2.93. The zero-order chi connectivity index (χ0) is 25.2. The third kappa shape index (κ3) is 5.50. The fourth-order valence-corrected chi connectivity index (χ4v) is 4.78. The van der Waals surface area contributed by atoms with Crippen LogP contribution in [0.25, 0.3) is 0 Å². The van der Waals surface area contributed by atoms with Gasteiger partial charge >= 0.3 is 0 Å². The van der Waals surface area contributed by atoms with E-state index in [0.717, 1.165) is 23.1 Å². The smallest absolute Gasteiger partial charge is 0.263 e. The molecule has 2 amide bonds. The first kappa shape index (κ1) is 25.2. The van der Waals surface area contributed by atoms with Gasteiger partial charge in [-0.05, 0) is 53.8 Å². The largest absolute Gasteiger partial charge is 0.481 e. The summed E-state index contributed by atoms with van der Waals surface area (Å²) in [6.07, 6.45) is 0.675. The number of nitrogens with zero attached hydrogens (tertiary/aromatic N) is 2. The third-order valence-corrected chi connectivity index (χ3v) is 6.68. The van der Waals surface area contributed by atoms with Gasteiger partial charge in [0, 0.05) is 25.0 Å². The molecule has 1 fully saturated rings. The molecule has 0 radical (unpaired) electrons. The summed E-state index contributed by atoms with van der Waals surface area (Å²) in [5.41, 5.74) is 2.37. The van der Waals surface area contributed by atoms with E-state index in [-0.39, 0.29) is 23.7 Å². The number of ether oxygens (including phenoxy) is 2. The van der Waals surface area contributed by atoms with Crippen molar-refractivity contribution in [2.45, 2.75) is 52.7 Å². The predicted molar refractivity (Wildman–Crippen MR) is 132 cm³/mol. The number of hydrogen-bond acceptors (Lipinski definition) is 4. The Bertz CT molecular complexity index is 1060. The molecule has 2 aliphatic heterocycles. The number of hydrogen-bond donors (Lipinski definition) is 0. The molecule has 6 nitrogen and oxygen atoms in total. The first-order valence-electron chi connectivity index (χ1n) is 12.4. The molecular formula is C28H35FN2O4. The minimum absolute atomic E-state index is 0.0341. The first-order valence-corrected chi connectivity index (χ1v) is 12.4. The summed E-state index contributed by atoms with van der Waals surface area (Å²) in [6, 6.07) is 11.8. The Morgan fingerprint density at radius 3 is 2.40 bits per heavy atom. The molecule has 0 aromatic heterocycles. The van der Waals surface area contributed by atoms with Gasteiger partial charge in [-0.25, -0.2) is 4.39 Å². The molecule has 0 spiro atoms. The molecule has 0 N–H and O–H groups in total. The fourth-order valence-electron chi connectivity index (χ4n) is 4.78. The van der Waals surface area contributed by atoms with E-state index >= 15 is 0 Å². The number of rotatable bonds is 5. The summed E-state index contributed by atoms with van der Waals surface area (Å²) in [7, 11) is 0. The molecular weight excluding hydrogens is 447 g/mol. The maximum atomic E-state index is 13.7. The fraction of sp³-hybridized carbons (Fsp3) is 0.500. The summed E-state index contributed by atoms with van der Waals surface area (Å²) in [5, 5.41) is 0. The lowest BCUT2D eigenvalue weighted by atomic mass is 9.85. The van der Waals surface area contributed by atoms with Crippen molar-refractivity contribution in [3.63, 3.8) is 0 Å². The molecule has 2 atom stereocenters. The first-order chi connectivity index (χ1) is 16.7. The van der Waals surface area contributed by atoms with Crippen molar-refractivity contribution in [3.05, 3.63) is 65.0 Å². The van der Waals surface area contributed by atoms with Gasteiger partial charge in [-0.2, -0.15) is 0 Å². The van der Waals surface area contributed by atoms with Gasteiger partial charge in [-0.15, -0.1) is 0 Å². The number of benzene rings is 2. The number of fused-ring (bicyclic) bond motifs is 1. The van der Waals surface area contributed by atoms with Crippen molar-refractivity contribution in [3.8, 4) is 5.75 Å². The van der Waals surface area contributed by atoms with Crippen LogP contribution in [0.2, 0.25) is 0 Å². The summed E-state index contributed by atoms with van der Waals surface area (Å²) in [5.74, 6) is 0.281. The Kier molecular flexibility index (Phi) is 7.45. The van der Waals surface area contributed by atoms with Gasteiger partial charge < -0.3 is 19.3 Å². The molecule has 0 aliphatic carbocycles. The van der Waals surface area contributed by atoms with E-state index in [2.05, 4.69) is 0 Å². The molecule has 7 heteroatoms. The molecule has 188 valence electrons. The summed E-state index contributed by atoms with van der Waals surface area (Å²) >= 11 is 0. The van der Waals surface area contributed by atoms with Crippen molar-refractivity contribution in [1.29, 1.82) is 0 Å². The normalized spacial score (nSPS) is 19.2. The number of morpholine rings is 1. The van der Waals surface area contributed by atoms with Gasteiger partial charge in [0.25, 0.3) is 5.91 Å². The SMILES string of the molecule is CC[C@H](Oc1ccc2c(c1)[C@@H](c1ccc(F)cc1)N(C(=O)C(C)(C)C)CC2)C(=O)N1CCOCC1. The van der Waals surface area contributed by atoms with Crippen molar-refractivity contribution < 1.29 is 23.5 Å². The highest BCUT2D eigenvalue weighted by molar-refractivity contribution is 5.83. The van der Waals surface area contributed by atoms with E-state index in [9.17, 15) is 14.0 Å². The average Bonchev–Trinajstić information content (AvgIpc) is 2.86. The average molecular weight is 483 g/mol. The number of carbonyl (C=O) groups is 2. The van der Waals surface area contributed by atoms with Gasteiger partial charge in [0.15, 0.2) is 6.10 Å². The highest BCUT2D eigenvalue weighted by Crippen LogP contribution is 2.39. The second-order valence-corrected chi connectivity index (χ2v) is 10.3. The van der Waals surface area contributed by atoms with Gasteiger partial charge in [0.05, 0.1) is 19.3 Å². The molecule has 1 saturated heterocycles. The topological polar surface area (TPSA) is 59.1 Å². The molecule has 4 rings (SSSR count). The van der Waals surface area contributed by atoms with Gasteiger partial charge in [0.1, 0.15) is 11.6 Å². The highest BCUT2D eigenvalue weighted by Gasteiger charge is 2.37. The molecule has 2 aromatic carbocycles. The van der Waals surface area contributed by atoms with Crippen molar-refractivity contribution >= 4 is 11.8 Å². The van der Waals surface area contributed by atoms with Crippen LogP contribution in [0.4, 0.5) is 4.39 Å². The standard InChI is InChI=1S/C28H35FN2O4/c1-5-24(26(32)30-14-16-34-17-15-30)35-22-11-8-19-12-13-31(27(33)28(2,3)4)25(23(19)18-22)20-6-9-21(29)10-7-20/h6-11,18,24-25H,5,12-17H2,1-4H3/t24-,25+/m0/s1. The van der Waals surface area contributed by atoms with E-state index in [4.69, 9.17) is 9.47 Å². The second kappa shape index (κ2) is 10.4. The van der Waals surface area contributed by atoms with Gasteiger partial charge in [0.2, 0.25) is 5.91 Å². The Balaban J connectivity index is 1.67. The Morgan fingerprint density at radius 2 is 1.77 bits per heavy atom. The van der Waals surface area contributed by atoms with E-state index < -0.39 is 11.5 Å². The lowest BCUT2D eigenvalue weighted by Gasteiger charge is -2.41. The molecule has 0 bridgehead atoms. The molecule has 0 unspecified atom stereocenters.